The second-order valence-corrected chi connectivity index (χ2v) is 5.13. The molecule has 2 aromatic heterocycles. The van der Waals surface area contributed by atoms with Crippen LogP contribution in [0.2, 0.25) is 0 Å². The van der Waals surface area contributed by atoms with Crippen LogP contribution in [0.1, 0.15) is 31.3 Å². The van der Waals surface area contributed by atoms with E-state index in [1.807, 2.05) is 0 Å². The van der Waals surface area contributed by atoms with E-state index in [0.29, 0.717) is 18.1 Å². The highest BCUT2D eigenvalue weighted by molar-refractivity contribution is 7.98. The lowest BCUT2D eigenvalue weighted by Gasteiger charge is -2.06. The number of aromatic nitrogens is 6. The molecule has 10 heteroatoms. The van der Waals surface area contributed by atoms with Gasteiger partial charge in [-0.25, -0.2) is 14.6 Å². The summed E-state index contributed by atoms with van der Waals surface area (Å²) in [5.41, 5.74) is -0.953. The van der Waals surface area contributed by atoms with E-state index in [-0.39, 0.29) is 5.16 Å². The van der Waals surface area contributed by atoms with Crippen LogP contribution in [0.5, 0.6) is 0 Å². The summed E-state index contributed by atoms with van der Waals surface area (Å²) < 4.78 is 39.3. The molecule has 2 aromatic rings. The number of aryl methyl sites for hydroxylation is 1. The van der Waals surface area contributed by atoms with Gasteiger partial charge in [0.2, 0.25) is 0 Å². The minimum Gasteiger partial charge on any atom is -0.231 e. The van der Waals surface area contributed by atoms with Crippen LogP contribution in [0.25, 0.3) is 0 Å². The molecule has 2 rings (SSSR count). The number of rotatable bonds is 6. The van der Waals surface area contributed by atoms with Crippen LogP contribution in [0.3, 0.4) is 0 Å². The van der Waals surface area contributed by atoms with Crippen LogP contribution >= 0.6 is 11.8 Å². The fourth-order valence-corrected chi connectivity index (χ4v) is 2.27. The quantitative estimate of drug-likeness (QED) is 0.602. The van der Waals surface area contributed by atoms with Crippen molar-refractivity contribution in [2.45, 2.75) is 43.4 Å². The Morgan fingerprint density at radius 3 is 2.86 bits per heavy atom. The van der Waals surface area contributed by atoms with Crippen molar-refractivity contribution in [1.82, 2.24) is 30.2 Å². The first-order valence-corrected chi connectivity index (χ1v) is 7.27. The molecule has 114 valence electrons. The molecule has 0 aliphatic heterocycles. The van der Waals surface area contributed by atoms with Crippen molar-refractivity contribution < 1.29 is 13.2 Å². The lowest BCUT2D eigenvalue weighted by atomic mass is 10.3. The Bertz CT molecular complexity index is 585. The molecular formula is C11H13F3N6S. The molecule has 0 fully saturated rings. The van der Waals surface area contributed by atoms with Gasteiger partial charge in [-0.1, -0.05) is 25.1 Å². The number of hydrogen-bond acceptors (Lipinski definition) is 6. The molecule has 0 atom stereocenters. The molecule has 0 N–H and O–H groups in total. The number of hydrogen-bond donors (Lipinski definition) is 0. The van der Waals surface area contributed by atoms with E-state index >= 15 is 0 Å². The van der Waals surface area contributed by atoms with Crippen molar-refractivity contribution in [2.75, 3.05) is 0 Å². The Morgan fingerprint density at radius 1 is 1.33 bits per heavy atom. The largest absolute Gasteiger partial charge is 0.433 e. The van der Waals surface area contributed by atoms with Gasteiger partial charge in [-0.3, -0.25) is 0 Å². The van der Waals surface area contributed by atoms with E-state index in [2.05, 4.69) is 32.4 Å². The Labute approximate surface area is 123 Å². The van der Waals surface area contributed by atoms with Crippen LogP contribution in [0.15, 0.2) is 17.4 Å². The first-order valence-electron chi connectivity index (χ1n) is 6.28. The summed E-state index contributed by atoms with van der Waals surface area (Å²) in [6, 6.07) is 0.843. The van der Waals surface area contributed by atoms with Crippen LogP contribution in [0, 0.1) is 0 Å². The molecule has 0 saturated carbocycles. The molecule has 0 aromatic carbocycles. The maximum Gasteiger partial charge on any atom is 0.433 e. The zero-order valence-corrected chi connectivity index (χ0v) is 12.0. The topological polar surface area (TPSA) is 69.4 Å². The standard InChI is InChI=1S/C11H13F3N6S/c1-2-3-6-20-9(17-18-19-20)7-21-10-15-5-4-8(16-10)11(12,13)14/h4-5H,2-3,6-7H2,1H3. The molecule has 0 spiro atoms. The van der Waals surface area contributed by atoms with Crippen molar-refractivity contribution in [3.63, 3.8) is 0 Å². The number of alkyl halides is 3. The summed E-state index contributed by atoms with van der Waals surface area (Å²) in [5, 5.41) is 11.3. The maximum atomic E-state index is 12.5. The second-order valence-electron chi connectivity index (χ2n) is 4.18. The number of nitrogens with zero attached hydrogens (tertiary/aromatic N) is 6. The number of halogens is 3. The van der Waals surface area contributed by atoms with Crippen LogP contribution in [-0.4, -0.2) is 30.2 Å². The average Bonchev–Trinajstić information content (AvgIpc) is 2.90. The fraction of sp³-hybridized carbons (Fsp3) is 0.545. The third kappa shape index (κ3) is 4.38. The van der Waals surface area contributed by atoms with Crippen molar-refractivity contribution in [3.05, 3.63) is 23.8 Å². The summed E-state index contributed by atoms with van der Waals surface area (Å²) >= 11 is 1.07. The Hall–Kier alpha value is -1.71. The van der Waals surface area contributed by atoms with Gasteiger partial charge in [-0.15, -0.1) is 5.10 Å². The molecular weight excluding hydrogens is 305 g/mol. The lowest BCUT2D eigenvalue weighted by molar-refractivity contribution is -0.141. The predicted octanol–water partition coefficient (Wildman–Crippen LogP) is 2.57. The normalized spacial score (nSPS) is 11.8. The Kier molecular flexibility index (Phi) is 5.10. The predicted molar refractivity (Wildman–Crippen MR) is 69.3 cm³/mol. The molecule has 0 aliphatic rings. The van der Waals surface area contributed by atoms with Gasteiger partial charge in [0.1, 0.15) is 5.69 Å². The summed E-state index contributed by atoms with van der Waals surface area (Å²) in [7, 11) is 0. The zero-order chi connectivity index (χ0) is 15.3. The number of thioether (sulfide) groups is 1. The summed E-state index contributed by atoms with van der Waals surface area (Å²) in [5.74, 6) is 0.910. The monoisotopic (exact) mass is 318 g/mol. The molecule has 0 amide bonds. The molecule has 2 heterocycles. The number of unbranched alkanes of at least 4 members (excludes halogenated alkanes) is 1. The van der Waals surface area contributed by atoms with E-state index in [0.717, 1.165) is 36.9 Å². The van der Waals surface area contributed by atoms with Gasteiger partial charge >= 0.3 is 6.18 Å². The van der Waals surface area contributed by atoms with Crippen molar-refractivity contribution in [1.29, 1.82) is 0 Å². The molecule has 0 unspecified atom stereocenters. The van der Waals surface area contributed by atoms with Crippen LogP contribution < -0.4 is 0 Å². The van der Waals surface area contributed by atoms with E-state index in [1.165, 1.54) is 0 Å². The van der Waals surface area contributed by atoms with Gasteiger partial charge in [-0.05, 0) is 22.9 Å². The Balaban J connectivity index is 2.02. The van der Waals surface area contributed by atoms with Gasteiger partial charge in [-0.2, -0.15) is 13.2 Å². The van der Waals surface area contributed by atoms with Gasteiger partial charge in [0.25, 0.3) is 0 Å². The summed E-state index contributed by atoms with van der Waals surface area (Å²) in [4.78, 5) is 7.30. The van der Waals surface area contributed by atoms with Gasteiger partial charge in [0.15, 0.2) is 11.0 Å². The molecule has 6 nitrogen and oxygen atoms in total. The van der Waals surface area contributed by atoms with Crippen LogP contribution in [-0.2, 0) is 18.5 Å². The average molecular weight is 318 g/mol. The van der Waals surface area contributed by atoms with Gasteiger partial charge in [0.05, 0.1) is 5.75 Å². The molecule has 21 heavy (non-hydrogen) atoms. The zero-order valence-electron chi connectivity index (χ0n) is 11.2. The molecule has 0 bridgehead atoms. The summed E-state index contributed by atoms with van der Waals surface area (Å²) in [6.07, 6.45) is -1.44. The van der Waals surface area contributed by atoms with Crippen molar-refractivity contribution >= 4 is 11.8 Å². The van der Waals surface area contributed by atoms with Crippen LogP contribution in [0.4, 0.5) is 13.2 Å². The Morgan fingerprint density at radius 2 is 2.14 bits per heavy atom. The maximum absolute atomic E-state index is 12.5. The van der Waals surface area contributed by atoms with Gasteiger partial charge in [0, 0.05) is 12.7 Å². The van der Waals surface area contributed by atoms with Gasteiger partial charge < -0.3 is 0 Å². The smallest absolute Gasteiger partial charge is 0.231 e. The summed E-state index contributed by atoms with van der Waals surface area (Å²) in [6.45, 7) is 2.73. The number of tetrazole rings is 1. The lowest BCUT2D eigenvalue weighted by Crippen LogP contribution is -2.09. The first-order chi connectivity index (χ1) is 10.0. The first kappa shape index (κ1) is 15.7. The third-order valence-electron chi connectivity index (χ3n) is 2.58. The second kappa shape index (κ2) is 6.83. The van der Waals surface area contributed by atoms with E-state index in [9.17, 15) is 13.2 Å². The molecule has 0 saturated heterocycles. The molecule has 0 aliphatic carbocycles. The highest BCUT2D eigenvalue weighted by Crippen LogP contribution is 2.28. The molecule has 0 radical (unpaired) electrons. The minimum atomic E-state index is -4.47. The highest BCUT2D eigenvalue weighted by atomic mass is 32.2. The minimum absolute atomic E-state index is 0.0508. The fourth-order valence-electron chi connectivity index (χ4n) is 1.51. The van der Waals surface area contributed by atoms with E-state index in [4.69, 9.17) is 0 Å². The van der Waals surface area contributed by atoms with Crippen molar-refractivity contribution in [2.24, 2.45) is 0 Å². The van der Waals surface area contributed by atoms with E-state index < -0.39 is 11.9 Å². The SMILES string of the molecule is CCCCn1nnnc1CSc1nccc(C(F)(F)F)n1. The van der Waals surface area contributed by atoms with E-state index in [1.54, 1.807) is 4.68 Å². The third-order valence-corrected chi connectivity index (χ3v) is 3.44. The highest BCUT2D eigenvalue weighted by Gasteiger charge is 2.32. The van der Waals surface area contributed by atoms with Crippen molar-refractivity contribution in [3.8, 4) is 0 Å².